The van der Waals surface area contributed by atoms with Crippen LogP contribution in [0.3, 0.4) is 0 Å². The van der Waals surface area contributed by atoms with Gasteiger partial charge >= 0.3 is 0 Å². The largest absolute Gasteiger partial charge is 0.459 e. The number of hydrogen-bond acceptors (Lipinski definition) is 3. The maximum Gasteiger partial charge on any atom is 0.290 e. The number of para-hydroxylation sites is 1. The van der Waals surface area contributed by atoms with Gasteiger partial charge in [-0.15, -0.1) is 0 Å². The van der Waals surface area contributed by atoms with Crippen molar-refractivity contribution in [3.63, 3.8) is 0 Å². The van der Waals surface area contributed by atoms with Crippen molar-refractivity contribution in [2.24, 2.45) is 0 Å². The Kier molecular flexibility index (Phi) is 5.69. The lowest BCUT2D eigenvalue weighted by atomic mass is 10.2. The lowest BCUT2D eigenvalue weighted by Crippen LogP contribution is -2.38. The average Bonchev–Trinajstić information content (AvgIpc) is 2.94. The highest BCUT2D eigenvalue weighted by molar-refractivity contribution is 6.39. The van der Waals surface area contributed by atoms with Crippen LogP contribution in [0.25, 0.3) is 0 Å². The summed E-state index contributed by atoms with van der Waals surface area (Å²) >= 11 is 12.0. The van der Waals surface area contributed by atoms with Crippen LogP contribution in [0.2, 0.25) is 10.0 Å². The first kappa shape index (κ1) is 17.4. The topological polar surface area (TPSA) is 62.6 Å². The molecule has 0 aliphatic heterocycles. The molecule has 23 heavy (non-hydrogen) atoms. The van der Waals surface area contributed by atoms with E-state index in [1.807, 2.05) is 0 Å². The number of furan rings is 1. The number of carbonyl (C=O) groups excluding carboxylic acids is 2. The average molecular weight is 355 g/mol. The Morgan fingerprint density at radius 1 is 1.22 bits per heavy atom. The highest BCUT2D eigenvalue weighted by atomic mass is 35.5. The summed E-state index contributed by atoms with van der Waals surface area (Å²) in [7, 11) is 0. The summed E-state index contributed by atoms with van der Waals surface area (Å²) in [5.74, 6) is -0.495. The molecule has 0 radical (unpaired) electrons. The van der Waals surface area contributed by atoms with Gasteiger partial charge in [-0.25, -0.2) is 0 Å². The van der Waals surface area contributed by atoms with Crippen LogP contribution in [0, 0.1) is 6.92 Å². The normalized spacial score (nSPS) is 10.4. The van der Waals surface area contributed by atoms with Crippen LogP contribution < -0.4 is 5.32 Å². The number of anilines is 1. The number of benzene rings is 1. The van der Waals surface area contributed by atoms with Crippen molar-refractivity contribution in [3.05, 3.63) is 51.9 Å². The van der Waals surface area contributed by atoms with Crippen molar-refractivity contribution in [2.45, 2.75) is 13.8 Å². The van der Waals surface area contributed by atoms with Crippen molar-refractivity contribution in [1.82, 2.24) is 4.90 Å². The first-order valence-corrected chi connectivity index (χ1v) is 7.76. The molecule has 2 amide bonds. The molecule has 1 aromatic carbocycles. The van der Waals surface area contributed by atoms with Crippen LogP contribution in [0.5, 0.6) is 0 Å². The molecule has 0 aliphatic carbocycles. The molecule has 0 saturated heterocycles. The number of halogens is 2. The number of amides is 2. The minimum absolute atomic E-state index is 0.128. The number of carbonyl (C=O) groups is 2. The Labute approximate surface area is 144 Å². The van der Waals surface area contributed by atoms with Crippen molar-refractivity contribution in [2.75, 3.05) is 18.4 Å². The third kappa shape index (κ3) is 4.06. The second-order valence-corrected chi connectivity index (χ2v) is 5.71. The van der Waals surface area contributed by atoms with Crippen LogP contribution in [-0.4, -0.2) is 29.8 Å². The summed E-state index contributed by atoms with van der Waals surface area (Å²) in [5, 5.41) is 3.30. The summed E-state index contributed by atoms with van der Waals surface area (Å²) < 4.78 is 5.18. The molecule has 5 nitrogen and oxygen atoms in total. The summed E-state index contributed by atoms with van der Waals surface area (Å²) in [6.45, 7) is 3.79. The molecule has 2 aromatic rings. The quantitative estimate of drug-likeness (QED) is 0.882. The fourth-order valence-corrected chi connectivity index (χ4v) is 2.52. The van der Waals surface area contributed by atoms with E-state index >= 15 is 0 Å². The molecule has 1 aromatic heterocycles. The molecule has 0 atom stereocenters. The van der Waals surface area contributed by atoms with Gasteiger partial charge in [0, 0.05) is 12.1 Å². The molecular formula is C16H16Cl2N2O3. The Morgan fingerprint density at radius 2 is 1.87 bits per heavy atom. The molecule has 1 N–H and O–H groups in total. The van der Waals surface area contributed by atoms with E-state index in [-0.39, 0.29) is 24.1 Å². The van der Waals surface area contributed by atoms with E-state index in [9.17, 15) is 9.59 Å². The van der Waals surface area contributed by atoms with Crippen LogP contribution in [0.1, 0.15) is 23.0 Å². The Balaban J connectivity index is 2.09. The van der Waals surface area contributed by atoms with Crippen molar-refractivity contribution >= 4 is 40.7 Å². The van der Waals surface area contributed by atoms with Crippen LogP contribution in [0.15, 0.2) is 34.9 Å². The third-order valence-corrected chi connectivity index (χ3v) is 3.92. The number of nitrogens with one attached hydrogen (secondary N) is 1. The summed E-state index contributed by atoms with van der Waals surface area (Å²) in [6.07, 6.45) is 1.44. The fourth-order valence-electron chi connectivity index (χ4n) is 2.03. The van der Waals surface area contributed by atoms with E-state index in [2.05, 4.69) is 5.32 Å². The molecule has 0 unspecified atom stereocenters. The number of hydrogen-bond donors (Lipinski definition) is 1. The summed E-state index contributed by atoms with van der Waals surface area (Å²) in [4.78, 5) is 26.0. The van der Waals surface area contributed by atoms with Gasteiger partial charge in [0.25, 0.3) is 5.91 Å². The lowest BCUT2D eigenvalue weighted by molar-refractivity contribution is -0.116. The number of rotatable bonds is 5. The van der Waals surface area contributed by atoms with E-state index in [0.29, 0.717) is 22.3 Å². The molecule has 2 rings (SSSR count). The molecular weight excluding hydrogens is 339 g/mol. The zero-order chi connectivity index (χ0) is 17.0. The second kappa shape index (κ2) is 7.53. The number of aryl methyl sites for hydroxylation is 1. The summed E-state index contributed by atoms with van der Waals surface area (Å²) in [6, 6.07) is 6.63. The van der Waals surface area contributed by atoms with Crippen LogP contribution >= 0.6 is 23.2 Å². The van der Waals surface area contributed by atoms with E-state index < -0.39 is 0 Å². The number of nitrogens with zero attached hydrogens (tertiary/aromatic N) is 1. The minimum atomic E-state index is -0.389. The highest BCUT2D eigenvalue weighted by Gasteiger charge is 2.22. The lowest BCUT2D eigenvalue weighted by Gasteiger charge is -2.20. The van der Waals surface area contributed by atoms with Gasteiger partial charge in [0.15, 0.2) is 5.76 Å². The molecule has 0 aliphatic rings. The Morgan fingerprint density at radius 3 is 2.39 bits per heavy atom. The molecule has 0 fully saturated rings. The molecule has 122 valence electrons. The van der Waals surface area contributed by atoms with Gasteiger partial charge in [0.2, 0.25) is 5.91 Å². The smallest absolute Gasteiger partial charge is 0.290 e. The van der Waals surface area contributed by atoms with Crippen LogP contribution in [0.4, 0.5) is 5.69 Å². The Hall–Kier alpha value is -1.98. The van der Waals surface area contributed by atoms with Crippen molar-refractivity contribution in [1.29, 1.82) is 0 Å². The van der Waals surface area contributed by atoms with E-state index in [1.54, 1.807) is 38.1 Å². The fraction of sp³-hybridized carbons (Fsp3) is 0.250. The van der Waals surface area contributed by atoms with Crippen LogP contribution in [-0.2, 0) is 4.79 Å². The standard InChI is InChI=1S/C16H16Cl2N2O3/c1-3-20(16(22)15-10(2)7-8-23-15)9-13(21)19-14-11(17)5-4-6-12(14)18/h4-8H,3,9H2,1-2H3,(H,19,21). The van der Waals surface area contributed by atoms with Gasteiger partial charge in [-0.2, -0.15) is 0 Å². The van der Waals surface area contributed by atoms with E-state index in [1.165, 1.54) is 11.2 Å². The first-order valence-electron chi connectivity index (χ1n) is 7.01. The van der Waals surface area contributed by atoms with Gasteiger partial charge in [-0.3, -0.25) is 9.59 Å². The Bertz CT molecular complexity index is 708. The van der Waals surface area contributed by atoms with Gasteiger partial charge in [-0.1, -0.05) is 29.3 Å². The zero-order valence-corrected chi connectivity index (χ0v) is 14.2. The monoisotopic (exact) mass is 354 g/mol. The molecule has 0 spiro atoms. The molecule has 7 heteroatoms. The maximum absolute atomic E-state index is 12.4. The van der Waals surface area contributed by atoms with Gasteiger partial charge in [0.05, 0.1) is 22.0 Å². The van der Waals surface area contributed by atoms with Gasteiger partial charge in [0.1, 0.15) is 6.54 Å². The van der Waals surface area contributed by atoms with E-state index in [0.717, 1.165) is 5.56 Å². The molecule has 0 saturated carbocycles. The van der Waals surface area contributed by atoms with E-state index in [4.69, 9.17) is 27.6 Å². The number of likely N-dealkylation sites (N-methyl/N-ethyl adjacent to an activating group) is 1. The van der Waals surface area contributed by atoms with Crippen molar-refractivity contribution < 1.29 is 14.0 Å². The molecule has 1 heterocycles. The summed E-state index contributed by atoms with van der Waals surface area (Å²) in [5.41, 5.74) is 1.06. The van der Waals surface area contributed by atoms with Gasteiger partial charge in [-0.05, 0) is 32.0 Å². The third-order valence-electron chi connectivity index (χ3n) is 3.29. The van der Waals surface area contributed by atoms with Gasteiger partial charge < -0.3 is 14.6 Å². The minimum Gasteiger partial charge on any atom is -0.459 e. The van der Waals surface area contributed by atoms with Crippen molar-refractivity contribution in [3.8, 4) is 0 Å². The highest BCUT2D eigenvalue weighted by Crippen LogP contribution is 2.29. The second-order valence-electron chi connectivity index (χ2n) is 4.90. The maximum atomic E-state index is 12.4. The first-order chi connectivity index (χ1) is 10.9. The predicted molar refractivity (Wildman–Crippen MR) is 90.1 cm³/mol. The SMILES string of the molecule is CCN(CC(=O)Nc1c(Cl)cccc1Cl)C(=O)c1occc1C. The molecule has 0 bridgehead atoms. The zero-order valence-electron chi connectivity index (χ0n) is 12.7. The predicted octanol–water partition coefficient (Wildman–Crippen LogP) is 4.00.